The largest absolute Gasteiger partial charge is 0.394 e. The molecule has 3 N–H and O–H groups in total. The van der Waals surface area contributed by atoms with Crippen LogP contribution in [-0.2, 0) is 0 Å². The molecule has 0 aliphatic heterocycles. The highest BCUT2D eigenvalue weighted by molar-refractivity contribution is 9.10. The molecule has 1 heterocycles. The highest BCUT2D eigenvalue weighted by Gasteiger charge is 2.33. The van der Waals surface area contributed by atoms with E-state index in [9.17, 15) is 5.11 Å². The van der Waals surface area contributed by atoms with Crippen LogP contribution in [0.15, 0.2) is 10.7 Å². The van der Waals surface area contributed by atoms with Crippen LogP contribution >= 0.6 is 15.9 Å². The zero-order chi connectivity index (χ0) is 12.3. The normalized spacial score (nSPS) is 18.1. The average molecular weight is 301 g/mol. The Bertz CT molecular complexity index is 393. The Hall–Kier alpha value is -0.880. The van der Waals surface area contributed by atoms with Crippen LogP contribution in [0.2, 0.25) is 0 Å². The van der Waals surface area contributed by atoms with Crippen molar-refractivity contribution in [1.82, 2.24) is 9.97 Å². The molecule has 0 unspecified atom stereocenters. The molecular weight excluding hydrogens is 284 g/mol. The summed E-state index contributed by atoms with van der Waals surface area (Å²) in [5, 5.41) is 15.8. The van der Waals surface area contributed by atoms with Crippen molar-refractivity contribution in [2.24, 2.45) is 0 Å². The zero-order valence-corrected chi connectivity index (χ0v) is 11.4. The lowest BCUT2D eigenvalue weighted by Crippen LogP contribution is -2.39. The van der Waals surface area contributed by atoms with Crippen molar-refractivity contribution in [2.75, 3.05) is 24.3 Å². The van der Waals surface area contributed by atoms with Crippen LogP contribution in [0.1, 0.15) is 25.7 Å². The van der Waals surface area contributed by atoms with Gasteiger partial charge in [-0.3, -0.25) is 0 Å². The van der Waals surface area contributed by atoms with Gasteiger partial charge in [-0.15, -0.1) is 0 Å². The van der Waals surface area contributed by atoms with Crippen molar-refractivity contribution in [1.29, 1.82) is 0 Å². The lowest BCUT2D eigenvalue weighted by atomic mass is 9.99. The quantitative estimate of drug-likeness (QED) is 0.793. The molecule has 1 saturated carbocycles. The maximum absolute atomic E-state index is 9.56. The summed E-state index contributed by atoms with van der Waals surface area (Å²) < 4.78 is 0.816. The van der Waals surface area contributed by atoms with Gasteiger partial charge in [0.25, 0.3) is 0 Å². The lowest BCUT2D eigenvalue weighted by molar-refractivity contribution is 0.213. The minimum Gasteiger partial charge on any atom is -0.394 e. The van der Waals surface area contributed by atoms with E-state index in [2.05, 4.69) is 36.5 Å². The van der Waals surface area contributed by atoms with Gasteiger partial charge in [0.15, 0.2) is 0 Å². The summed E-state index contributed by atoms with van der Waals surface area (Å²) >= 11 is 3.42. The fourth-order valence-electron chi connectivity index (χ4n) is 2.20. The molecule has 1 aromatic heterocycles. The average Bonchev–Trinajstić information content (AvgIpc) is 2.81. The summed E-state index contributed by atoms with van der Waals surface area (Å²) in [5.41, 5.74) is -0.220. The third kappa shape index (κ3) is 2.69. The van der Waals surface area contributed by atoms with Crippen LogP contribution in [-0.4, -0.2) is 34.3 Å². The van der Waals surface area contributed by atoms with Gasteiger partial charge in [0.2, 0.25) is 5.95 Å². The van der Waals surface area contributed by atoms with E-state index in [-0.39, 0.29) is 12.1 Å². The Morgan fingerprint density at radius 2 is 2.18 bits per heavy atom. The number of aliphatic hydroxyl groups is 1. The van der Waals surface area contributed by atoms with Crippen LogP contribution in [0.25, 0.3) is 0 Å². The van der Waals surface area contributed by atoms with Gasteiger partial charge in [-0.05, 0) is 28.8 Å². The SMILES string of the molecule is CNc1ncc(Br)c(NC2(CO)CCCC2)n1. The topological polar surface area (TPSA) is 70.1 Å². The Kier molecular flexibility index (Phi) is 3.83. The predicted octanol–water partition coefficient (Wildman–Crippen LogP) is 2.00. The number of nitrogens with one attached hydrogen (secondary N) is 2. The third-order valence-electron chi connectivity index (χ3n) is 3.21. The summed E-state index contributed by atoms with van der Waals surface area (Å²) in [6, 6.07) is 0. The smallest absolute Gasteiger partial charge is 0.224 e. The molecule has 0 aromatic carbocycles. The van der Waals surface area contributed by atoms with Crippen LogP contribution in [0.4, 0.5) is 11.8 Å². The maximum atomic E-state index is 9.56. The summed E-state index contributed by atoms with van der Waals surface area (Å²) in [6.07, 6.45) is 5.97. The van der Waals surface area contributed by atoms with Gasteiger partial charge in [0, 0.05) is 13.2 Å². The minimum atomic E-state index is -0.220. The minimum absolute atomic E-state index is 0.137. The molecule has 1 aliphatic rings. The van der Waals surface area contributed by atoms with Crippen LogP contribution < -0.4 is 10.6 Å². The molecule has 17 heavy (non-hydrogen) atoms. The van der Waals surface area contributed by atoms with Gasteiger partial charge in [0.1, 0.15) is 5.82 Å². The first-order chi connectivity index (χ1) is 8.19. The lowest BCUT2D eigenvalue weighted by Gasteiger charge is -2.29. The fourth-order valence-corrected chi connectivity index (χ4v) is 2.49. The number of aromatic nitrogens is 2. The number of nitrogens with zero attached hydrogens (tertiary/aromatic N) is 2. The van der Waals surface area contributed by atoms with Crippen LogP contribution in [0.3, 0.4) is 0 Å². The Labute approximate surface area is 109 Å². The Balaban J connectivity index is 2.22. The molecule has 5 nitrogen and oxygen atoms in total. The Morgan fingerprint density at radius 3 is 2.76 bits per heavy atom. The van der Waals surface area contributed by atoms with Crippen molar-refractivity contribution < 1.29 is 5.11 Å². The molecule has 0 spiro atoms. The first-order valence-corrected chi connectivity index (χ1v) is 6.58. The monoisotopic (exact) mass is 300 g/mol. The van der Waals surface area contributed by atoms with E-state index in [1.165, 1.54) is 0 Å². The highest BCUT2D eigenvalue weighted by Crippen LogP contribution is 2.34. The first kappa shape index (κ1) is 12.6. The van der Waals surface area contributed by atoms with Gasteiger partial charge in [-0.2, -0.15) is 4.98 Å². The number of hydrogen-bond donors (Lipinski definition) is 3. The molecule has 0 atom stereocenters. The summed E-state index contributed by atoms with van der Waals surface area (Å²) in [6.45, 7) is 0.137. The van der Waals surface area contributed by atoms with E-state index >= 15 is 0 Å². The molecule has 1 fully saturated rings. The summed E-state index contributed by atoms with van der Waals surface area (Å²) in [5.74, 6) is 1.31. The number of halogens is 1. The number of rotatable bonds is 4. The van der Waals surface area contributed by atoms with Crippen molar-refractivity contribution in [2.45, 2.75) is 31.2 Å². The van der Waals surface area contributed by atoms with Gasteiger partial charge in [0.05, 0.1) is 16.6 Å². The van der Waals surface area contributed by atoms with E-state index in [4.69, 9.17) is 0 Å². The fraction of sp³-hybridized carbons (Fsp3) is 0.636. The molecule has 2 rings (SSSR count). The number of hydrogen-bond acceptors (Lipinski definition) is 5. The third-order valence-corrected chi connectivity index (χ3v) is 3.79. The molecule has 0 saturated heterocycles. The second kappa shape index (κ2) is 5.18. The molecular formula is C11H17BrN4O. The second-order valence-electron chi connectivity index (χ2n) is 4.41. The van der Waals surface area contributed by atoms with Crippen molar-refractivity contribution in [3.63, 3.8) is 0 Å². The second-order valence-corrected chi connectivity index (χ2v) is 5.27. The van der Waals surface area contributed by atoms with Gasteiger partial charge >= 0.3 is 0 Å². The maximum Gasteiger partial charge on any atom is 0.224 e. The van der Waals surface area contributed by atoms with Crippen molar-refractivity contribution in [3.8, 4) is 0 Å². The van der Waals surface area contributed by atoms with E-state index in [0.29, 0.717) is 5.95 Å². The van der Waals surface area contributed by atoms with E-state index in [1.54, 1.807) is 13.2 Å². The van der Waals surface area contributed by atoms with E-state index in [0.717, 1.165) is 36.0 Å². The standard InChI is InChI=1S/C11H17BrN4O/c1-13-10-14-6-8(12)9(15-10)16-11(7-17)4-2-3-5-11/h6,17H,2-5,7H2,1H3,(H2,13,14,15,16). The highest BCUT2D eigenvalue weighted by atomic mass is 79.9. The van der Waals surface area contributed by atoms with Crippen LogP contribution in [0.5, 0.6) is 0 Å². The van der Waals surface area contributed by atoms with Crippen molar-refractivity contribution in [3.05, 3.63) is 10.7 Å². The molecule has 1 aliphatic carbocycles. The van der Waals surface area contributed by atoms with E-state index in [1.807, 2.05) is 0 Å². The Morgan fingerprint density at radius 1 is 1.47 bits per heavy atom. The first-order valence-electron chi connectivity index (χ1n) is 5.78. The van der Waals surface area contributed by atoms with Gasteiger partial charge in [-0.25, -0.2) is 4.98 Å². The molecule has 1 aromatic rings. The molecule has 0 amide bonds. The molecule has 0 bridgehead atoms. The summed E-state index contributed by atoms with van der Waals surface area (Å²) in [4.78, 5) is 8.46. The summed E-state index contributed by atoms with van der Waals surface area (Å²) in [7, 11) is 1.78. The predicted molar refractivity (Wildman–Crippen MR) is 71.2 cm³/mol. The van der Waals surface area contributed by atoms with Crippen molar-refractivity contribution >= 4 is 27.7 Å². The van der Waals surface area contributed by atoms with Gasteiger partial charge in [-0.1, -0.05) is 12.8 Å². The van der Waals surface area contributed by atoms with Crippen LogP contribution in [0, 0.1) is 0 Å². The number of aliphatic hydroxyl groups excluding tert-OH is 1. The molecule has 0 radical (unpaired) electrons. The molecule has 6 heteroatoms. The number of anilines is 2. The van der Waals surface area contributed by atoms with Gasteiger partial charge < -0.3 is 15.7 Å². The zero-order valence-electron chi connectivity index (χ0n) is 9.83. The molecule has 94 valence electrons. The van der Waals surface area contributed by atoms with E-state index < -0.39 is 0 Å².